The molecule has 2 heterocycles. The topological polar surface area (TPSA) is 62.7 Å². The summed E-state index contributed by atoms with van der Waals surface area (Å²) in [5, 5.41) is 0. The number of rotatable bonds is 7. The van der Waals surface area contributed by atoms with Crippen molar-refractivity contribution in [3.8, 4) is 16.9 Å². The van der Waals surface area contributed by atoms with Gasteiger partial charge in [-0.05, 0) is 53.4 Å². The Kier molecular flexibility index (Phi) is 7.03. The molecule has 6 heteroatoms. The predicted octanol–water partition coefficient (Wildman–Crippen LogP) is 4.06. The van der Waals surface area contributed by atoms with Gasteiger partial charge >= 0.3 is 0 Å². The number of nitrogens with zero attached hydrogens (tertiary/aromatic N) is 3. The van der Waals surface area contributed by atoms with Crippen LogP contribution in [0, 0.1) is 0 Å². The monoisotopic (exact) mass is 443 g/mol. The Morgan fingerprint density at radius 3 is 2.61 bits per heavy atom. The fraction of sp³-hybridized carbons (Fsp3) is 0.296. The van der Waals surface area contributed by atoms with Crippen LogP contribution < -0.4 is 4.74 Å². The number of methoxy groups -OCH3 is 1. The Hall–Kier alpha value is -3.67. The summed E-state index contributed by atoms with van der Waals surface area (Å²) in [4.78, 5) is 34.8. The van der Waals surface area contributed by atoms with E-state index in [0.29, 0.717) is 37.4 Å². The van der Waals surface area contributed by atoms with Gasteiger partial charge in [0.15, 0.2) is 0 Å². The van der Waals surface area contributed by atoms with Crippen LogP contribution in [0.15, 0.2) is 73.1 Å². The lowest BCUT2D eigenvalue weighted by Gasteiger charge is -2.41. The number of hydrogen-bond acceptors (Lipinski definition) is 4. The van der Waals surface area contributed by atoms with E-state index in [1.807, 2.05) is 41.3 Å². The highest BCUT2D eigenvalue weighted by atomic mass is 16.5. The quantitative estimate of drug-likeness (QED) is 0.552. The first-order valence-electron chi connectivity index (χ1n) is 11.3. The molecule has 170 valence electrons. The van der Waals surface area contributed by atoms with Crippen molar-refractivity contribution in [1.29, 1.82) is 0 Å². The molecule has 1 atom stereocenters. The number of amides is 2. The van der Waals surface area contributed by atoms with E-state index in [2.05, 4.69) is 18.0 Å². The molecule has 6 nitrogen and oxygen atoms in total. The fourth-order valence-electron chi connectivity index (χ4n) is 4.41. The maximum Gasteiger partial charge on any atom is 0.254 e. The molecule has 33 heavy (non-hydrogen) atoms. The van der Waals surface area contributed by atoms with Crippen LogP contribution in [0.25, 0.3) is 11.1 Å². The maximum atomic E-state index is 13.5. The van der Waals surface area contributed by atoms with Crippen LogP contribution in [0.5, 0.6) is 5.75 Å². The van der Waals surface area contributed by atoms with Gasteiger partial charge < -0.3 is 14.5 Å². The first kappa shape index (κ1) is 22.5. The average Bonchev–Trinajstić information content (AvgIpc) is 2.87. The summed E-state index contributed by atoms with van der Waals surface area (Å²) in [5.74, 6) is 0.477. The number of aromatic nitrogens is 1. The fourth-order valence-corrected chi connectivity index (χ4v) is 4.41. The van der Waals surface area contributed by atoms with E-state index in [4.69, 9.17) is 4.74 Å². The second-order valence-electron chi connectivity index (χ2n) is 8.17. The minimum atomic E-state index is -0.563. The molecule has 1 saturated heterocycles. The molecule has 0 unspecified atom stereocenters. The van der Waals surface area contributed by atoms with Gasteiger partial charge in [-0.25, -0.2) is 0 Å². The number of hydrogen-bond donors (Lipinski definition) is 0. The zero-order chi connectivity index (χ0) is 23.2. The SMILES string of the molecule is CCCN1CCN(C(=O)c2cccc(OC)c2)[C@@H](Cc2ccccc2-c2ccncc2)C1=O. The molecule has 0 bridgehead atoms. The van der Waals surface area contributed by atoms with Crippen LogP contribution >= 0.6 is 0 Å². The molecular weight excluding hydrogens is 414 g/mol. The van der Waals surface area contributed by atoms with Gasteiger partial charge in [-0.1, -0.05) is 37.3 Å². The molecule has 2 aromatic carbocycles. The van der Waals surface area contributed by atoms with Crippen LogP contribution in [-0.4, -0.2) is 59.4 Å². The lowest BCUT2D eigenvalue weighted by Crippen LogP contribution is -2.59. The number of piperazine rings is 1. The summed E-state index contributed by atoms with van der Waals surface area (Å²) in [7, 11) is 1.58. The Morgan fingerprint density at radius 2 is 1.85 bits per heavy atom. The zero-order valence-corrected chi connectivity index (χ0v) is 19.1. The Morgan fingerprint density at radius 1 is 1.06 bits per heavy atom. The van der Waals surface area contributed by atoms with Gasteiger partial charge in [-0.15, -0.1) is 0 Å². The molecule has 4 rings (SSSR count). The van der Waals surface area contributed by atoms with Crippen molar-refractivity contribution in [1.82, 2.24) is 14.8 Å². The number of ether oxygens (including phenoxy) is 1. The van der Waals surface area contributed by atoms with E-state index in [1.54, 1.807) is 42.6 Å². The molecule has 0 spiro atoms. The van der Waals surface area contributed by atoms with Crippen LogP contribution in [0.4, 0.5) is 0 Å². The number of pyridine rings is 1. The summed E-state index contributed by atoms with van der Waals surface area (Å²) < 4.78 is 5.30. The summed E-state index contributed by atoms with van der Waals surface area (Å²) in [6.45, 7) is 3.81. The highest BCUT2D eigenvalue weighted by Gasteiger charge is 2.37. The molecule has 0 saturated carbocycles. The smallest absolute Gasteiger partial charge is 0.254 e. The van der Waals surface area contributed by atoms with Gasteiger partial charge in [0.1, 0.15) is 11.8 Å². The lowest BCUT2D eigenvalue weighted by molar-refractivity contribution is -0.140. The standard InChI is InChI=1S/C27H29N3O3/c1-3-15-29-16-17-30(26(31)22-8-6-9-23(18-22)33-2)25(27(29)32)19-21-7-4-5-10-24(21)20-11-13-28-14-12-20/h4-14,18,25H,3,15-17,19H2,1-2H3/t25-/m0/s1. The third-order valence-electron chi connectivity index (χ3n) is 6.08. The van der Waals surface area contributed by atoms with Crippen LogP contribution in [0.2, 0.25) is 0 Å². The van der Waals surface area contributed by atoms with Crippen molar-refractivity contribution in [2.75, 3.05) is 26.7 Å². The second-order valence-corrected chi connectivity index (χ2v) is 8.17. The first-order valence-corrected chi connectivity index (χ1v) is 11.3. The van der Waals surface area contributed by atoms with E-state index in [-0.39, 0.29) is 11.8 Å². The normalized spacial score (nSPS) is 16.1. The number of benzene rings is 2. The minimum absolute atomic E-state index is 0.00359. The first-order chi connectivity index (χ1) is 16.1. The van der Waals surface area contributed by atoms with Crippen LogP contribution in [0.3, 0.4) is 0 Å². The third-order valence-corrected chi connectivity index (χ3v) is 6.08. The number of carbonyl (C=O) groups excluding carboxylic acids is 2. The van der Waals surface area contributed by atoms with Gasteiger partial charge in [0.2, 0.25) is 5.91 Å². The Balaban J connectivity index is 1.69. The highest BCUT2D eigenvalue weighted by molar-refractivity contribution is 5.98. The minimum Gasteiger partial charge on any atom is -0.497 e. The molecule has 1 fully saturated rings. The van der Waals surface area contributed by atoms with Gasteiger partial charge in [-0.2, -0.15) is 0 Å². The van der Waals surface area contributed by atoms with E-state index in [0.717, 1.165) is 23.1 Å². The van der Waals surface area contributed by atoms with Gasteiger partial charge in [0.25, 0.3) is 5.91 Å². The van der Waals surface area contributed by atoms with Crippen LogP contribution in [-0.2, 0) is 11.2 Å². The molecule has 0 N–H and O–H groups in total. The van der Waals surface area contributed by atoms with E-state index in [9.17, 15) is 9.59 Å². The molecular formula is C27H29N3O3. The maximum absolute atomic E-state index is 13.5. The summed E-state index contributed by atoms with van der Waals surface area (Å²) >= 11 is 0. The number of carbonyl (C=O) groups is 2. The summed E-state index contributed by atoms with van der Waals surface area (Å²) in [6.07, 6.45) is 4.86. The van der Waals surface area contributed by atoms with Crippen molar-refractivity contribution < 1.29 is 14.3 Å². The molecule has 1 aliphatic heterocycles. The second kappa shape index (κ2) is 10.3. The molecule has 2 amide bonds. The average molecular weight is 444 g/mol. The molecule has 1 aromatic heterocycles. The summed E-state index contributed by atoms with van der Waals surface area (Å²) in [5.41, 5.74) is 3.65. The van der Waals surface area contributed by atoms with Gasteiger partial charge in [-0.3, -0.25) is 14.6 Å². The van der Waals surface area contributed by atoms with Crippen molar-refractivity contribution in [2.24, 2.45) is 0 Å². The van der Waals surface area contributed by atoms with E-state index < -0.39 is 6.04 Å². The Labute approximate surface area is 194 Å². The van der Waals surface area contributed by atoms with Gasteiger partial charge in [0.05, 0.1) is 7.11 Å². The van der Waals surface area contributed by atoms with Crippen molar-refractivity contribution >= 4 is 11.8 Å². The van der Waals surface area contributed by atoms with Crippen LogP contribution in [0.1, 0.15) is 29.3 Å². The summed E-state index contributed by atoms with van der Waals surface area (Å²) in [6, 6.07) is 18.5. The largest absolute Gasteiger partial charge is 0.497 e. The highest BCUT2D eigenvalue weighted by Crippen LogP contribution is 2.27. The third kappa shape index (κ3) is 4.90. The Bertz CT molecular complexity index is 1120. The predicted molar refractivity (Wildman–Crippen MR) is 128 cm³/mol. The van der Waals surface area contributed by atoms with Crippen molar-refractivity contribution in [3.63, 3.8) is 0 Å². The van der Waals surface area contributed by atoms with Gasteiger partial charge in [0, 0.05) is 44.0 Å². The van der Waals surface area contributed by atoms with Crippen molar-refractivity contribution in [2.45, 2.75) is 25.8 Å². The van der Waals surface area contributed by atoms with Crippen molar-refractivity contribution in [3.05, 3.63) is 84.2 Å². The molecule has 3 aromatic rings. The lowest BCUT2D eigenvalue weighted by atomic mass is 9.93. The van der Waals surface area contributed by atoms with E-state index >= 15 is 0 Å². The molecule has 0 aliphatic carbocycles. The van der Waals surface area contributed by atoms with E-state index in [1.165, 1.54) is 0 Å². The molecule has 0 radical (unpaired) electrons. The molecule has 1 aliphatic rings. The zero-order valence-electron chi connectivity index (χ0n) is 19.1.